The monoisotopic (exact) mass is 225 g/mol. The Kier molecular flexibility index (Phi) is 3.24. The predicted molar refractivity (Wildman–Crippen MR) is 71.1 cm³/mol. The molecule has 0 unspecified atom stereocenters. The topological polar surface area (TPSA) is 20.3 Å². The summed E-state index contributed by atoms with van der Waals surface area (Å²) in [4.78, 5) is 13.1. The van der Waals surface area contributed by atoms with Gasteiger partial charge >= 0.3 is 0 Å². The number of aldehydes is 1. The Bertz CT molecular complexity index is 520. The number of carbonyl (C=O) groups excluding carboxylic acids is 1. The molecule has 0 aliphatic rings. The van der Waals surface area contributed by atoms with E-state index in [1.54, 1.807) is 0 Å². The van der Waals surface area contributed by atoms with Gasteiger partial charge in [0.1, 0.15) is 0 Å². The van der Waals surface area contributed by atoms with Crippen molar-refractivity contribution in [2.75, 3.05) is 11.9 Å². The summed E-state index contributed by atoms with van der Waals surface area (Å²) in [5, 5.41) is 0. The van der Waals surface area contributed by atoms with Gasteiger partial charge in [-0.3, -0.25) is 4.79 Å². The minimum atomic E-state index is 0.719. The van der Waals surface area contributed by atoms with Crippen LogP contribution in [0.3, 0.4) is 0 Å². The summed E-state index contributed by atoms with van der Waals surface area (Å²) in [6.07, 6.45) is 0.905. The fourth-order valence-electron chi connectivity index (χ4n) is 1.86. The second-order valence-electron chi connectivity index (χ2n) is 4.07. The second-order valence-corrected chi connectivity index (χ2v) is 4.07. The number of rotatable bonds is 3. The van der Waals surface area contributed by atoms with Gasteiger partial charge in [0.25, 0.3) is 0 Å². The Morgan fingerprint density at radius 2 is 1.76 bits per heavy atom. The van der Waals surface area contributed by atoms with Crippen LogP contribution in [0.1, 0.15) is 15.9 Å². The van der Waals surface area contributed by atoms with Crippen LogP contribution < -0.4 is 4.90 Å². The Morgan fingerprint density at radius 1 is 1.06 bits per heavy atom. The number of aryl methyl sites for hydroxylation is 1. The van der Waals surface area contributed by atoms with Crippen molar-refractivity contribution in [1.82, 2.24) is 0 Å². The Morgan fingerprint density at radius 3 is 2.41 bits per heavy atom. The van der Waals surface area contributed by atoms with E-state index in [0.717, 1.165) is 28.8 Å². The van der Waals surface area contributed by atoms with Gasteiger partial charge in [-0.05, 0) is 31.2 Å². The minimum Gasteiger partial charge on any atom is -0.344 e. The third kappa shape index (κ3) is 2.36. The fourth-order valence-corrected chi connectivity index (χ4v) is 1.86. The van der Waals surface area contributed by atoms with E-state index in [2.05, 4.69) is 0 Å². The number of anilines is 2. The smallest absolute Gasteiger partial charge is 0.152 e. The van der Waals surface area contributed by atoms with Crippen LogP contribution in [0, 0.1) is 6.92 Å². The lowest BCUT2D eigenvalue weighted by molar-refractivity contribution is 0.112. The quantitative estimate of drug-likeness (QED) is 0.744. The molecular weight excluding hydrogens is 210 g/mol. The molecule has 0 N–H and O–H groups in total. The van der Waals surface area contributed by atoms with Crippen LogP contribution in [0.2, 0.25) is 0 Å². The van der Waals surface area contributed by atoms with E-state index >= 15 is 0 Å². The molecule has 17 heavy (non-hydrogen) atoms. The molecule has 0 amide bonds. The number of hydrogen-bond acceptors (Lipinski definition) is 2. The lowest BCUT2D eigenvalue weighted by Gasteiger charge is -2.21. The predicted octanol–water partition coefficient (Wildman–Crippen LogP) is 3.58. The lowest BCUT2D eigenvalue weighted by atomic mass is 10.1. The first-order chi connectivity index (χ1) is 8.22. The fraction of sp³-hybridized carbons (Fsp3) is 0.133. The standard InChI is InChI=1S/C15H15NO/c1-12-8-9-15(13(10-12)11-17)16(2)14-6-4-3-5-7-14/h3-11H,1-2H3. The molecule has 0 heterocycles. The molecule has 0 fully saturated rings. The summed E-state index contributed by atoms with van der Waals surface area (Å²) in [5.74, 6) is 0. The maximum atomic E-state index is 11.1. The number of carbonyl (C=O) groups is 1. The average Bonchev–Trinajstić information content (AvgIpc) is 2.39. The average molecular weight is 225 g/mol. The molecule has 0 aliphatic heterocycles. The van der Waals surface area contributed by atoms with Crippen molar-refractivity contribution in [2.24, 2.45) is 0 Å². The molecule has 0 saturated heterocycles. The highest BCUT2D eigenvalue weighted by atomic mass is 16.1. The summed E-state index contributed by atoms with van der Waals surface area (Å²) in [7, 11) is 1.97. The first kappa shape index (κ1) is 11.4. The van der Waals surface area contributed by atoms with Crippen LogP contribution in [0.25, 0.3) is 0 Å². The largest absolute Gasteiger partial charge is 0.344 e. The zero-order valence-corrected chi connectivity index (χ0v) is 10.1. The summed E-state index contributed by atoms with van der Waals surface area (Å²) < 4.78 is 0. The number of nitrogens with zero attached hydrogens (tertiary/aromatic N) is 1. The van der Waals surface area contributed by atoms with E-state index in [0.29, 0.717) is 0 Å². The van der Waals surface area contributed by atoms with Crippen LogP contribution in [-0.2, 0) is 0 Å². The highest BCUT2D eigenvalue weighted by Gasteiger charge is 2.08. The van der Waals surface area contributed by atoms with Crippen molar-refractivity contribution >= 4 is 17.7 Å². The van der Waals surface area contributed by atoms with Crippen LogP contribution in [0.4, 0.5) is 11.4 Å². The summed E-state index contributed by atoms with van der Waals surface area (Å²) in [6.45, 7) is 1.99. The van der Waals surface area contributed by atoms with Gasteiger partial charge in [0.2, 0.25) is 0 Å². The maximum Gasteiger partial charge on any atom is 0.152 e. The van der Waals surface area contributed by atoms with Gasteiger partial charge in [-0.1, -0.05) is 29.8 Å². The van der Waals surface area contributed by atoms with Gasteiger partial charge in [-0.15, -0.1) is 0 Å². The third-order valence-electron chi connectivity index (χ3n) is 2.81. The van der Waals surface area contributed by atoms with Gasteiger partial charge < -0.3 is 4.90 Å². The first-order valence-electron chi connectivity index (χ1n) is 5.57. The molecule has 2 aromatic rings. The lowest BCUT2D eigenvalue weighted by Crippen LogP contribution is -2.11. The van der Waals surface area contributed by atoms with Crippen LogP contribution in [0.5, 0.6) is 0 Å². The molecule has 2 heteroatoms. The molecule has 0 spiro atoms. The highest BCUT2D eigenvalue weighted by Crippen LogP contribution is 2.26. The van der Waals surface area contributed by atoms with Crippen molar-refractivity contribution in [2.45, 2.75) is 6.92 Å². The van der Waals surface area contributed by atoms with Crippen molar-refractivity contribution < 1.29 is 4.79 Å². The van der Waals surface area contributed by atoms with E-state index < -0.39 is 0 Å². The Hall–Kier alpha value is -2.09. The zero-order valence-electron chi connectivity index (χ0n) is 10.1. The van der Waals surface area contributed by atoms with Gasteiger partial charge in [0, 0.05) is 18.3 Å². The summed E-state index contributed by atoms with van der Waals surface area (Å²) in [5.41, 5.74) is 3.81. The minimum absolute atomic E-state index is 0.719. The molecule has 0 saturated carbocycles. The maximum absolute atomic E-state index is 11.1. The normalized spacial score (nSPS) is 10.0. The molecule has 0 atom stereocenters. The number of benzene rings is 2. The summed E-state index contributed by atoms with van der Waals surface area (Å²) >= 11 is 0. The van der Waals surface area contributed by atoms with Crippen molar-refractivity contribution in [3.63, 3.8) is 0 Å². The zero-order chi connectivity index (χ0) is 12.3. The van der Waals surface area contributed by atoms with Gasteiger partial charge in [-0.25, -0.2) is 0 Å². The van der Waals surface area contributed by atoms with Crippen molar-refractivity contribution in [3.05, 3.63) is 59.7 Å². The van der Waals surface area contributed by atoms with E-state index in [1.807, 2.05) is 67.4 Å². The van der Waals surface area contributed by atoms with E-state index in [4.69, 9.17) is 0 Å². The van der Waals surface area contributed by atoms with Gasteiger partial charge in [-0.2, -0.15) is 0 Å². The molecule has 2 rings (SSSR count). The van der Waals surface area contributed by atoms with E-state index in [-0.39, 0.29) is 0 Å². The molecule has 0 aromatic heterocycles. The van der Waals surface area contributed by atoms with E-state index in [1.165, 1.54) is 0 Å². The Balaban J connectivity index is 2.44. The highest BCUT2D eigenvalue weighted by molar-refractivity contribution is 5.87. The molecule has 86 valence electrons. The number of hydrogen-bond donors (Lipinski definition) is 0. The van der Waals surface area contributed by atoms with Crippen molar-refractivity contribution in [3.8, 4) is 0 Å². The molecule has 0 aliphatic carbocycles. The van der Waals surface area contributed by atoms with Gasteiger partial charge in [0.05, 0.1) is 5.69 Å². The van der Waals surface area contributed by atoms with Crippen LogP contribution >= 0.6 is 0 Å². The first-order valence-corrected chi connectivity index (χ1v) is 5.57. The second kappa shape index (κ2) is 4.83. The molecule has 2 aromatic carbocycles. The molecule has 0 radical (unpaired) electrons. The summed E-state index contributed by atoms with van der Waals surface area (Å²) in [6, 6.07) is 15.9. The SMILES string of the molecule is Cc1ccc(N(C)c2ccccc2)c(C=O)c1. The molecule has 2 nitrogen and oxygen atoms in total. The van der Waals surface area contributed by atoms with Gasteiger partial charge in [0.15, 0.2) is 6.29 Å². The molecule has 0 bridgehead atoms. The van der Waals surface area contributed by atoms with Crippen LogP contribution in [-0.4, -0.2) is 13.3 Å². The third-order valence-corrected chi connectivity index (χ3v) is 2.81. The molecular formula is C15H15NO. The van der Waals surface area contributed by atoms with Crippen LogP contribution in [0.15, 0.2) is 48.5 Å². The van der Waals surface area contributed by atoms with Crippen molar-refractivity contribution in [1.29, 1.82) is 0 Å². The number of para-hydroxylation sites is 1. The Labute approximate surface area is 102 Å². The van der Waals surface area contributed by atoms with E-state index in [9.17, 15) is 4.79 Å².